The number of carboxylic acid groups (broad SMARTS) is 1. The monoisotopic (exact) mass is 453 g/mol. The normalized spacial score (nSPS) is 13.4. The first kappa shape index (κ1) is 26.9. The summed E-state index contributed by atoms with van der Waals surface area (Å²) in [5.41, 5.74) is 6.34. The van der Waals surface area contributed by atoms with Gasteiger partial charge in [0, 0.05) is 18.8 Å². The van der Waals surface area contributed by atoms with Crippen LogP contribution in [0.4, 0.5) is 4.79 Å². The highest BCUT2D eigenvalue weighted by atomic mass is 16.7. The van der Waals surface area contributed by atoms with E-state index in [1.54, 1.807) is 6.92 Å². The Balaban J connectivity index is 3.34. The zero-order valence-electron chi connectivity index (χ0n) is 18.8. The molecule has 0 aliphatic carbocycles. The lowest BCUT2D eigenvalue weighted by Gasteiger charge is -2.27. The second-order valence-electron chi connectivity index (χ2n) is 7.29. The van der Waals surface area contributed by atoms with Gasteiger partial charge in [0.25, 0.3) is 0 Å². The van der Waals surface area contributed by atoms with Crippen LogP contribution in [0.2, 0.25) is 0 Å². The molecule has 0 aliphatic heterocycles. The zero-order chi connectivity index (χ0) is 24.3. The van der Waals surface area contributed by atoms with Crippen LogP contribution in [0.1, 0.15) is 57.9 Å². The molecule has 10 heteroatoms. The summed E-state index contributed by atoms with van der Waals surface area (Å²) in [4.78, 5) is 47.0. The predicted octanol–water partition coefficient (Wildman–Crippen LogP) is 3.01. The lowest BCUT2D eigenvalue weighted by molar-refractivity contribution is -0.139. The van der Waals surface area contributed by atoms with E-state index in [0.29, 0.717) is 18.4 Å². The third-order valence-electron chi connectivity index (χ3n) is 4.62. The van der Waals surface area contributed by atoms with Gasteiger partial charge >= 0.3 is 24.1 Å². The van der Waals surface area contributed by atoms with Gasteiger partial charge in [0.2, 0.25) is 0 Å². The number of rotatable bonds is 12. The molecule has 0 radical (unpaired) electrons. The second-order valence-corrected chi connectivity index (χ2v) is 7.29. The summed E-state index contributed by atoms with van der Waals surface area (Å²) in [7, 11) is 1.16. The van der Waals surface area contributed by atoms with Crippen molar-refractivity contribution in [2.75, 3.05) is 13.7 Å². The van der Waals surface area contributed by atoms with E-state index >= 15 is 0 Å². The number of methoxy groups -OCH3 is 1. The van der Waals surface area contributed by atoms with Crippen molar-refractivity contribution >= 4 is 24.1 Å². The zero-order valence-corrected chi connectivity index (χ0v) is 18.8. The van der Waals surface area contributed by atoms with Crippen molar-refractivity contribution in [3.63, 3.8) is 0 Å². The summed E-state index contributed by atoms with van der Waals surface area (Å²) < 4.78 is 20.1. The average Bonchev–Trinajstić information content (AvgIpc) is 2.74. The number of hydrogen-bond donors (Lipinski definition) is 2. The van der Waals surface area contributed by atoms with Crippen molar-refractivity contribution < 1.29 is 43.2 Å². The lowest BCUT2D eigenvalue weighted by atomic mass is 9.82. The molecule has 0 aromatic heterocycles. The van der Waals surface area contributed by atoms with E-state index in [4.69, 9.17) is 19.9 Å². The molecule has 10 nitrogen and oxygen atoms in total. The van der Waals surface area contributed by atoms with Crippen molar-refractivity contribution in [1.29, 1.82) is 0 Å². The standard InChI is InChI=1S/C22H31NO9/c1-5-7-17(24)31-15-10-9-14(11-16(15)32-18(25)8-6-2)19(20(23)21(26)27)13(3)12-30-22(28)29-4/h9-11,13,19-20H,5-8,12,23H2,1-4H3,(H,26,27)/t13?,19?,20-/m0/s1. The van der Waals surface area contributed by atoms with Crippen molar-refractivity contribution in [2.45, 2.75) is 58.4 Å². The molecular formula is C22H31NO9. The molecule has 32 heavy (non-hydrogen) atoms. The first-order valence-corrected chi connectivity index (χ1v) is 10.4. The summed E-state index contributed by atoms with van der Waals surface area (Å²) >= 11 is 0. The summed E-state index contributed by atoms with van der Waals surface area (Å²) in [6.07, 6.45) is 0.548. The van der Waals surface area contributed by atoms with Crippen LogP contribution < -0.4 is 15.2 Å². The largest absolute Gasteiger partial charge is 0.507 e. The van der Waals surface area contributed by atoms with Gasteiger partial charge in [0.1, 0.15) is 6.04 Å². The molecule has 0 bridgehead atoms. The molecule has 0 fully saturated rings. The van der Waals surface area contributed by atoms with Crippen LogP contribution in [0, 0.1) is 5.92 Å². The fourth-order valence-electron chi connectivity index (χ4n) is 3.06. The summed E-state index contributed by atoms with van der Waals surface area (Å²) in [6, 6.07) is 3.03. The van der Waals surface area contributed by atoms with E-state index in [0.717, 1.165) is 7.11 Å². The van der Waals surface area contributed by atoms with Gasteiger partial charge in [0.15, 0.2) is 11.5 Å². The van der Waals surface area contributed by atoms with E-state index in [9.17, 15) is 24.3 Å². The smallest absolute Gasteiger partial charge is 0.480 e. The first-order valence-electron chi connectivity index (χ1n) is 10.4. The molecule has 0 saturated carbocycles. The molecule has 2 unspecified atom stereocenters. The van der Waals surface area contributed by atoms with Gasteiger partial charge in [-0.05, 0) is 36.5 Å². The minimum absolute atomic E-state index is 0.0194. The molecule has 3 atom stereocenters. The third kappa shape index (κ3) is 8.18. The Morgan fingerprint density at radius 3 is 2.06 bits per heavy atom. The van der Waals surface area contributed by atoms with Crippen LogP contribution in [-0.4, -0.2) is 48.9 Å². The van der Waals surface area contributed by atoms with Gasteiger partial charge < -0.3 is 29.8 Å². The minimum atomic E-state index is -1.35. The van der Waals surface area contributed by atoms with Crippen LogP contribution in [0.15, 0.2) is 18.2 Å². The SMILES string of the molecule is CCCC(=O)Oc1ccc(C(C(C)COC(=O)OC)[C@H](N)C(=O)O)cc1OC(=O)CCC. The third-order valence-corrected chi connectivity index (χ3v) is 4.62. The van der Waals surface area contributed by atoms with Gasteiger partial charge in [-0.3, -0.25) is 14.4 Å². The number of carboxylic acids is 1. The Bertz CT molecular complexity index is 809. The first-order chi connectivity index (χ1) is 15.1. The van der Waals surface area contributed by atoms with Crippen molar-refractivity contribution in [3.05, 3.63) is 23.8 Å². The molecular weight excluding hydrogens is 422 g/mol. The molecule has 1 aromatic carbocycles. The van der Waals surface area contributed by atoms with Crippen LogP contribution in [0.5, 0.6) is 11.5 Å². The topological polar surface area (TPSA) is 151 Å². The molecule has 0 heterocycles. The van der Waals surface area contributed by atoms with Crippen LogP contribution in [-0.2, 0) is 23.9 Å². The number of ether oxygens (including phenoxy) is 4. The molecule has 0 saturated heterocycles. The van der Waals surface area contributed by atoms with E-state index in [2.05, 4.69) is 4.74 Å². The summed E-state index contributed by atoms with van der Waals surface area (Å²) in [6.45, 7) is 5.14. The molecule has 0 spiro atoms. The van der Waals surface area contributed by atoms with Gasteiger partial charge in [-0.1, -0.05) is 26.8 Å². The van der Waals surface area contributed by atoms with Crippen LogP contribution >= 0.6 is 0 Å². The van der Waals surface area contributed by atoms with Crippen LogP contribution in [0.3, 0.4) is 0 Å². The number of carbonyl (C=O) groups excluding carboxylic acids is 3. The van der Waals surface area contributed by atoms with E-state index in [1.165, 1.54) is 18.2 Å². The van der Waals surface area contributed by atoms with E-state index < -0.39 is 41.9 Å². The fourth-order valence-corrected chi connectivity index (χ4v) is 3.06. The number of hydrogen-bond acceptors (Lipinski definition) is 9. The number of carbonyl (C=O) groups is 4. The quantitative estimate of drug-likeness (QED) is 0.357. The molecule has 178 valence electrons. The molecule has 0 aliphatic rings. The highest BCUT2D eigenvalue weighted by Crippen LogP contribution is 2.36. The Kier molecular flexibility index (Phi) is 11.2. The second kappa shape index (κ2) is 13.3. The summed E-state index contributed by atoms with van der Waals surface area (Å²) in [5.74, 6) is -3.62. The number of nitrogens with two attached hydrogens (primary N) is 1. The molecule has 3 N–H and O–H groups in total. The number of aliphatic carboxylic acids is 1. The maximum atomic E-state index is 12.1. The Morgan fingerprint density at radius 2 is 1.56 bits per heavy atom. The number of esters is 2. The predicted molar refractivity (Wildman–Crippen MR) is 113 cm³/mol. The lowest BCUT2D eigenvalue weighted by Crippen LogP contribution is -2.40. The fraction of sp³-hybridized carbons (Fsp3) is 0.545. The van der Waals surface area contributed by atoms with Gasteiger partial charge in [-0.2, -0.15) is 0 Å². The number of benzene rings is 1. The highest BCUT2D eigenvalue weighted by molar-refractivity contribution is 5.77. The van der Waals surface area contributed by atoms with Crippen LogP contribution in [0.25, 0.3) is 0 Å². The van der Waals surface area contributed by atoms with E-state index in [1.807, 2.05) is 13.8 Å². The Morgan fingerprint density at radius 1 is 1.00 bits per heavy atom. The van der Waals surface area contributed by atoms with Crippen molar-refractivity contribution in [1.82, 2.24) is 0 Å². The molecule has 0 amide bonds. The minimum Gasteiger partial charge on any atom is -0.480 e. The molecule has 1 rings (SSSR count). The van der Waals surface area contributed by atoms with Gasteiger partial charge in [-0.15, -0.1) is 0 Å². The van der Waals surface area contributed by atoms with Crippen molar-refractivity contribution in [2.24, 2.45) is 11.7 Å². The average molecular weight is 453 g/mol. The Labute approximate surface area is 187 Å². The Hall–Kier alpha value is -3.14. The molecule has 1 aromatic rings. The van der Waals surface area contributed by atoms with E-state index in [-0.39, 0.29) is 30.9 Å². The maximum absolute atomic E-state index is 12.1. The van der Waals surface area contributed by atoms with Gasteiger partial charge in [0.05, 0.1) is 13.7 Å². The maximum Gasteiger partial charge on any atom is 0.507 e. The van der Waals surface area contributed by atoms with Gasteiger partial charge in [-0.25, -0.2) is 4.79 Å². The highest BCUT2D eigenvalue weighted by Gasteiger charge is 2.32. The van der Waals surface area contributed by atoms with Crippen molar-refractivity contribution in [3.8, 4) is 11.5 Å². The summed E-state index contributed by atoms with van der Waals surface area (Å²) in [5, 5.41) is 9.49.